The quantitative estimate of drug-likeness (QED) is 0.861. The Labute approximate surface area is 120 Å². The van der Waals surface area contributed by atoms with Crippen LogP contribution in [0.5, 0.6) is 0 Å². The van der Waals surface area contributed by atoms with E-state index in [1.54, 1.807) is 7.11 Å². The number of nitrogens with zero attached hydrogens (tertiary/aromatic N) is 1. The molecule has 1 N–H and O–H groups in total. The molecule has 0 unspecified atom stereocenters. The zero-order valence-electron chi connectivity index (χ0n) is 10.6. The molecule has 0 bridgehead atoms. The van der Waals surface area contributed by atoms with Crippen LogP contribution < -0.4 is 5.56 Å². The second kappa shape index (κ2) is 6.63. The van der Waals surface area contributed by atoms with Crippen LogP contribution in [0.25, 0.3) is 11.3 Å². The van der Waals surface area contributed by atoms with Crippen LogP contribution in [0.4, 0.5) is 0 Å². The van der Waals surface area contributed by atoms with E-state index < -0.39 is 0 Å². The Bertz CT molecular complexity index is 596. The first-order valence-electron chi connectivity index (χ1n) is 6.05. The summed E-state index contributed by atoms with van der Waals surface area (Å²) in [7, 11) is 1.66. The summed E-state index contributed by atoms with van der Waals surface area (Å²) in [5.41, 5.74) is 1.45. The SMILES string of the molecule is COCCCc1nc(-c2ccccc2)c(Br)c(=O)[nH]1. The van der Waals surface area contributed by atoms with Gasteiger partial charge in [0.05, 0.1) is 5.69 Å². The maximum Gasteiger partial charge on any atom is 0.265 e. The maximum atomic E-state index is 11.9. The van der Waals surface area contributed by atoms with E-state index in [9.17, 15) is 4.79 Å². The molecular formula is C14H15BrN2O2. The van der Waals surface area contributed by atoms with Crippen LogP contribution in [0.3, 0.4) is 0 Å². The molecule has 1 aromatic heterocycles. The number of aryl methyl sites for hydroxylation is 1. The fourth-order valence-corrected chi connectivity index (χ4v) is 2.21. The molecule has 1 heterocycles. The topological polar surface area (TPSA) is 55.0 Å². The van der Waals surface area contributed by atoms with Gasteiger partial charge in [0.1, 0.15) is 10.3 Å². The normalized spacial score (nSPS) is 10.6. The highest BCUT2D eigenvalue weighted by atomic mass is 79.9. The fourth-order valence-electron chi connectivity index (χ4n) is 1.80. The molecule has 4 nitrogen and oxygen atoms in total. The first-order valence-corrected chi connectivity index (χ1v) is 6.84. The highest BCUT2D eigenvalue weighted by molar-refractivity contribution is 9.10. The Morgan fingerprint density at radius 2 is 2.05 bits per heavy atom. The summed E-state index contributed by atoms with van der Waals surface area (Å²) in [5.74, 6) is 0.684. The third-order valence-electron chi connectivity index (χ3n) is 2.72. The van der Waals surface area contributed by atoms with Crippen molar-refractivity contribution in [1.29, 1.82) is 0 Å². The van der Waals surface area contributed by atoms with Gasteiger partial charge >= 0.3 is 0 Å². The molecule has 0 aliphatic rings. The van der Waals surface area contributed by atoms with Crippen LogP contribution in [-0.2, 0) is 11.2 Å². The predicted octanol–water partition coefficient (Wildman–Crippen LogP) is 2.78. The van der Waals surface area contributed by atoms with Gasteiger partial charge < -0.3 is 9.72 Å². The van der Waals surface area contributed by atoms with Gasteiger partial charge in [-0.2, -0.15) is 0 Å². The summed E-state index contributed by atoms with van der Waals surface area (Å²) in [5, 5.41) is 0. The molecule has 2 aromatic rings. The summed E-state index contributed by atoms with van der Waals surface area (Å²) in [6.45, 7) is 0.653. The Morgan fingerprint density at radius 1 is 1.32 bits per heavy atom. The van der Waals surface area contributed by atoms with Crippen LogP contribution in [-0.4, -0.2) is 23.7 Å². The molecule has 5 heteroatoms. The van der Waals surface area contributed by atoms with Crippen molar-refractivity contribution in [2.45, 2.75) is 12.8 Å². The summed E-state index contributed by atoms with van der Waals surface area (Å²) in [6, 6.07) is 9.66. The molecule has 0 atom stereocenters. The van der Waals surface area contributed by atoms with E-state index in [1.807, 2.05) is 30.3 Å². The van der Waals surface area contributed by atoms with Gasteiger partial charge in [0.15, 0.2) is 0 Å². The zero-order chi connectivity index (χ0) is 13.7. The van der Waals surface area contributed by atoms with Gasteiger partial charge in [-0.05, 0) is 22.4 Å². The summed E-state index contributed by atoms with van der Waals surface area (Å²) < 4.78 is 5.47. The average Bonchev–Trinajstić information content (AvgIpc) is 2.44. The Morgan fingerprint density at radius 3 is 2.74 bits per heavy atom. The fraction of sp³-hybridized carbons (Fsp3) is 0.286. The molecule has 0 spiro atoms. The van der Waals surface area contributed by atoms with E-state index in [2.05, 4.69) is 25.9 Å². The second-order valence-corrected chi connectivity index (χ2v) is 4.93. The van der Waals surface area contributed by atoms with E-state index in [0.717, 1.165) is 12.0 Å². The number of hydrogen-bond donors (Lipinski definition) is 1. The van der Waals surface area contributed by atoms with Crippen molar-refractivity contribution in [2.75, 3.05) is 13.7 Å². The predicted molar refractivity (Wildman–Crippen MR) is 78.2 cm³/mol. The Hall–Kier alpha value is -1.46. The molecule has 19 heavy (non-hydrogen) atoms. The molecular weight excluding hydrogens is 308 g/mol. The van der Waals surface area contributed by atoms with Gasteiger partial charge in [0, 0.05) is 25.7 Å². The van der Waals surface area contributed by atoms with Crippen LogP contribution in [0.1, 0.15) is 12.2 Å². The lowest BCUT2D eigenvalue weighted by molar-refractivity contribution is 0.194. The molecule has 0 aliphatic carbocycles. The van der Waals surface area contributed by atoms with E-state index in [4.69, 9.17) is 4.74 Å². The number of nitrogens with one attached hydrogen (secondary N) is 1. The summed E-state index contributed by atoms with van der Waals surface area (Å²) in [6.07, 6.45) is 1.52. The van der Waals surface area contributed by atoms with Gasteiger partial charge in [0.25, 0.3) is 5.56 Å². The summed E-state index contributed by atoms with van der Waals surface area (Å²) >= 11 is 3.30. The minimum absolute atomic E-state index is 0.152. The molecule has 1 aromatic carbocycles. The van der Waals surface area contributed by atoms with Crippen LogP contribution in [0.15, 0.2) is 39.6 Å². The van der Waals surface area contributed by atoms with Crippen LogP contribution in [0.2, 0.25) is 0 Å². The number of ether oxygens (including phenoxy) is 1. The van der Waals surface area contributed by atoms with Gasteiger partial charge in [0.2, 0.25) is 0 Å². The second-order valence-electron chi connectivity index (χ2n) is 4.14. The first kappa shape index (κ1) is 14.0. The number of aromatic nitrogens is 2. The monoisotopic (exact) mass is 322 g/mol. The van der Waals surface area contributed by atoms with E-state index in [0.29, 0.717) is 29.0 Å². The molecule has 0 saturated heterocycles. The number of aromatic amines is 1. The smallest absolute Gasteiger partial charge is 0.265 e. The lowest BCUT2D eigenvalue weighted by atomic mass is 10.1. The molecule has 100 valence electrons. The van der Waals surface area contributed by atoms with Gasteiger partial charge in [-0.3, -0.25) is 4.79 Å². The zero-order valence-corrected chi connectivity index (χ0v) is 12.2. The number of hydrogen-bond acceptors (Lipinski definition) is 3. The van der Waals surface area contributed by atoms with Gasteiger partial charge in [-0.25, -0.2) is 4.98 Å². The van der Waals surface area contributed by atoms with E-state index >= 15 is 0 Å². The van der Waals surface area contributed by atoms with Crippen molar-refractivity contribution in [3.8, 4) is 11.3 Å². The van der Waals surface area contributed by atoms with Gasteiger partial charge in [-0.15, -0.1) is 0 Å². The number of H-pyrrole nitrogens is 1. The number of halogens is 1. The van der Waals surface area contributed by atoms with Crippen molar-refractivity contribution in [3.63, 3.8) is 0 Å². The molecule has 0 saturated carbocycles. The van der Waals surface area contributed by atoms with E-state index in [-0.39, 0.29) is 5.56 Å². The molecule has 0 fully saturated rings. The third kappa shape index (κ3) is 3.52. The third-order valence-corrected chi connectivity index (χ3v) is 3.46. The van der Waals surface area contributed by atoms with Crippen molar-refractivity contribution in [3.05, 3.63) is 51.0 Å². The summed E-state index contributed by atoms with van der Waals surface area (Å²) in [4.78, 5) is 19.2. The van der Waals surface area contributed by atoms with Crippen LogP contribution >= 0.6 is 15.9 Å². The maximum absolute atomic E-state index is 11.9. The Kier molecular flexibility index (Phi) is 4.87. The highest BCUT2D eigenvalue weighted by Crippen LogP contribution is 2.22. The van der Waals surface area contributed by atoms with E-state index in [1.165, 1.54) is 0 Å². The largest absolute Gasteiger partial charge is 0.385 e. The highest BCUT2D eigenvalue weighted by Gasteiger charge is 2.10. The molecule has 0 amide bonds. The van der Waals surface area contributed by atoms with Crippen molar-refractivity contribution < 1.29 is 4.74 Å². The van der Waals surface area contributed by atoms with Crippen molar-refractivity contribution in [2.24, 2.45) is 0 Å². The average molecular weight is 323 g/mol. The lowest BCUT2D eigenvalue weighted by Crippen LogP contribution is -2.14. The van der Waals surface area contributed by atoms with Crippen LogP contribution in [0, 0.1) is 0 Å². The Balaban J connectivity index is 2.35. The molecule has 0 radical (unpaired) electrons. The van der Waals surface area contributed by atoms with Crippen molar-refractivity contribution >= 4 is 15.9 Å². The lowest BCUT2D eigenvalue weighted by Gasteiger charge is -2.06. The van der Waals surface area contributed by atoms with Crippen molar-refractivity contribution in [1.82, 2.24) is 9.97 Å². The number of benzene rings is 1. The standard InChI is InChI=1S/C14H15BrN2O2/c1-19-9-5-8-11-16-13(12(15)14(18)17-11)10-6-3-2-4-7-10/h2-4,6-7H,5,8-9H2,1H3,(H,16,17,18). The van der Waals surface area contributed by atoms with Gasteiger partial charge in [-0.1, -0.05) is 30.3 Å². The first-order chi connectivity index (χ1) is 9.22. The molecule has 2 rings (SSSR count). The number of rotatable bonds is 5. The number of methoxy groups -OCH3 is 1. The molecule has 0 aliphatic heterocycles. The minimum atomic E-state index is -0.152. The minimum Gasteiger partial charge on any atom is -0.385 e.